The molecule has 0 aromatic carbocycles. The molecule has 1 aromatic rings. The number of nitrogens with two attached hydrogens (primary N) is 1. The fourth-order valence-corrected chi connectivity index (χ4v) is 1.21. The predicted octanol–water partition coefficient (Wildman–Crippen LogP) is 1.71. The summed E-state index contributed by atoms with van der Waals surface area (Å²) in [5.74, 6) is 0.265. The van der Waals surface area contributed by atoms with E-state index in [1.54, 1.807) is 6.92 Å². The van der Waals surface area contributed by atoms with Crippen LogP contribution in [0.1, 0.15) is 43.9 Å². The SMILES string of the molecule is Cc1[nH]nc(C(=O)NCC(C)(C)C(C)C)c1N. The molecule has 0 spiro atoms. The Bertz CT molecular complexity index is 407. The number of aromatic nitrogens is 2. The number of anilines is 1. The van der Waals surface area contributed by atoms with Gasteiger partial charge in [-0.05, 0) is 18.3 Å². The Morgan fingerprint density at radius 1 is 1.53 bits per heavy atom. The van der Waals surface area contributed by atoms with Crippen molar-refractivity contribution in [2.45, 2.75) is 34.6 Å². The number of H-pyrrole nitrogens is 1. The van der Waals surface area contributed by atoms with E-state index in [4.69, 9.17) is 5.73 Å². The fraction of sp³-hybridized carbons (Fsp3) is 0.667. The molecule has 0 fully saturated rings. The van der Waals surface area contributed by atoms with Gasteiger partial charge in [0.15, 0.2) is 5.69 Å². The van der Waals surface area contributed by atoms with E-state index in [2.05, 4.69) is 43.2 Å². The average Bonchev–Trinajstić information content (AvgIpc) is 2.56. The second-order valence-corrected chi connectivity index (χ2v) is 5.44. The van der Waals surface area contributed by atoms with Gasteiger partial charge < -0.3 is 11.1 Å². The van der Waals surface area contributed by atoms with Crippen LogP contribution >= 0.6 is 0 Å². The zero-order chi connectivity index (χ0) is 13.2. The molecule has 1 rings (SSSR count). The predicted molar refractivity (Wildman–Crippen MR) is 68.7 cm³/mol. The Hall–Kier alpha value is -1.52. The summed E-state index contributed by atoms with van der Waals surface area (Å²) >= 11 is 0. The highest BCUT2D eigenvalue weighted by atomic mass is 16.1. The highest BCUT2D eigenvalue weighted by molar-refractivity contribution is 5.97. The van der Waals surface area contributed by atoms with Gasteiger partial charge in [0, 0.05) is 6.54 Å². The number of carbonyl (C=O) groups is 1. The highest BCUT2D eigenvalue weighted by Crippen LogP contribution is 2.24. The van der Waals surface area contributed by atoms with Crippen LogP contribution in [0.2, 0.25) is 0 Å². The lowest BCUT2D eigenvalue weighted by atomic mass is 9.81. The molecule has 0 saturated carbocycles. The maximum atomic E-state index is 11.9. The Labute approximate surface area is 102 Å². The highest BCUT2D eigenvalue weighted by Gasteiger charge is 2.24. The molecule has 0 aliphatic rings. The van der Waals surface area contributed by atoms with Gasteiger partial charge >= 0.3 is 0 Å². The maximum Gasteiger partial charge on any atom is 0.273 e. The maximum absolute atomic E-state index is 11.9. The first-order valence-electron chi connectivity index (χ1n) is 5.84. The number of nitrogen functional groups attached to an aromatic ring is 1. The van der Waals surface area contributed by atoms with Gasteiger partial charge in [0.2, 0.25) is 0 Å². The first-order chi connectivity index (χ1) is 7.75. The molecule has 0 unspecified atom stereocenters. The Kier molecular flexibility index (Phi) is 3.80. The zero-order valence-corrected chi connectivity index (χ0v) is 11.2. The van der Waals surface area contributed by atoms with Crippen molar-refractivity contribution < 1.29 is 4.79 Å². The van der Waals surface area contributed by atoms with Crippen molar-refractivity contribution in [2.24, 2.45) is 11.3 Å². The third-order valence-corrected chi connectivity index (χ3v) is 3.48. The van der Waals surface area contributed by atoms with Crippen LogP contribution in [-0.2, 0) is 0 Å². The van der Waals surface area contributed by atoms with Crippen LogP contribution in [0.5, 0.6) is 0 Å². The molecule has 1 amide bonds. The molecule has 4 N–H and O–H groups in total. The molecule has 1 aromatic heterocycles. The monoisotopic (exact) mass is 238 g/mol. The molecule has 96 valence electrons. The normalized spacial score (nSPS) is 11.9. The standard InChI is InChI=1S/C12H22N4O/c1-7(2)12(4,5)6-14-11(17)10-9(13)8(3)15-16-10/h7H,6,13H2,1-5H3,(H,14,17)(H,15,16). The van der Waals surface area contributed by atoms with Crippen LogP contribution in [0.3, 0.4) is 0 Å². The molecular formula is C12H22N4O. The molecule has 0 aliphatic carbocycles. The largest absolute Gasteiger partial charge is 0.395 e. The molecular weight excluding hydrogens is 216 g/mol. The van der Waals surface area contributed by atoms with E-state index in [-0.39, 0.29) is 17.0 Å². The van der Waals surface area contributed by atoms with Crippen molar-refractivity contribution in [3.8, 4) is 0 Å². The van der Waals surface area contributed by atoms with Gasteiger partial charge in [-0.2, -0.15) is 5.10 Å². The first-order valence-corrected chi connectivity index (χ1v) is 5.84. The van der Waals surface area contributed by atoms with Gasteiger partial charge in [-0.1, -0.05) is 27.7 Å². The fourth-order valence-electron chi connectivity index (χ4n) is 1.21. The summed E-state index contributed by atoms with van der Waals surface area (Å²) < 4.78 is 0. The number of aryl methyl sites for hydroxylation is 1. The Morgan fingerprint density at radius 3 is 2.53 bits per heavy atom. The van der Waals surface area contributed by atoms with E-state index in [0.717, 1.165) is 5.69 Å². The molecule has 0 saturated heterocycles. The van der Waals surface area contributed by atoms with Gasteiger partial charge in [-0.3, -0.25) is 9.89 Å². The first kappa shape index (κ1) is 13.5. The summed E-state index contributed by atoms with van der Waals surface area (Å²) in [4.78, 5) is 11.9. The minimum atomic E-state index is -0.222. The lowest BCUT2D eigenvalue weighted by Crippen LogP contribution is -2.37. The number of hydrogen-bond donors (Lipinski definition) is 3. The van der Waals surface area contributed by atoms with Crippen molar-refractivity contribution in [1.29, 1.82) is 0 Å². The van der Waals surface area contributed by atoms with Crippen LogP contribution in [0.25, 0.3) is 0 Å². The summed E-state index contributed by atoms with van der Waals surface area (Å²) in [7, 11) is 0. The molecule has 1 heterocycles. The van der Waals surface area contributed by atoms with Crippen LogP contribution in [-0.4, -0.2) is 22.6 Å². The number of nitrogens with one attached hydrogen (secondary N) is 2. The second kappa shape index (κ2) is 4.77. The summed E-state index contributed by atoms with van der Waals surface area (Å²) in [6, 6.07) is 0. The van der Waals surface area contributed by atoms with Gasteiger partial charge in [0.05, 0.1) is 11.4 Å². The van der Waals surface area contributed by atoms with Gasteiger partial charge in [0.1, 0.15) is 0 Å². The number of rotatable bonds is 4. The number of aromatic amines is 1. The lowest BCUT2D eigenvalue weighted by Gasteiger charge is -2.29. The van der Waals surface area contributed by atoms with E-state index in [9.17, 15) is 4.79 Å². The number of hydrogen-bond acceptors (Lipinski definition) is 3. The number of nitrogens with zero attached hydrogens (tertiary/aromatic N) is 1. The van der Waals surface area contributed by atoms with Gasteiger partial charge in [0.25, 0.3) is 5.91 Å². The smallest absolute Gasteiger partial charge is 0.273 e. The Morgan fingerprint density at radius 2 is 2.12 bits per heavy atom. The quantitative estimate of drug-likeness (QED) is 0.746. The van der Waals surface area contributed by atoms with Gasteiger partial charge in [-0.25, -0.2) is 0 Å². The van der Waals surface area contributed by atoms with Crippen molar-refractivity contribution in [3.05, 3.63) is 11.4 Å². The van der Waals surface area contributed by atoms with E-state index in [1.165, 1.54) is 0 Å². The summed E-state index contributed by atoms with van der Waals surface area (Å²) in [5.41, 5.74) is 7.22. The molecule has 0 bridgehead atoms. The minimum absolute atomic E-state index is 0.0514. The van der Waals surface area contributed by atoms with Gasteiger partial charge in [-0.15, -0.1) is 0 Å². The lowest BCUT2D eigenvalue weighted by molar-refractivity contribution is 0.0920. The van der Waals surface area contributed by atoms with E-state index >= 15 is 0 Å². The molecule has 17 heavy (non-hydrogen) atoms. The van der Waals surface area contributed by atoms with Crippen LogP contribution in [0.15, 0.2) is 0 Å². The van der Waals surface area contributed by atoms with E-state index < -0.39 is 0 Å². The summed E-state index contributed by atoms with van der Waals surface area (Å²) in [6.45, 7) is 10.9. The van der Waals surface area contributed by atoms with Crippen molar-refractivity contribution in [2.75, 3.05) is 12.3 Å². The average molecular weight is 238 g/mol. The zero-order valence-electron chi connectivity index (χ0n) is 11.2. The Balaban J connectivity index is 2.66. The van der Waals surface area contributed by atoms with Crippen LogP contribution < -0.4 is 11.1 Å². The molecule has 5 heteroatoms. The molecule has 5 nitrogen and oxygen atoms in total. The minimum Gasteiger partial charge on any atom is -0.395 e. The molecule has 0 atom stereocenters. The second-order valence-electron chi connectivity index (χ2n) is 5.44. The van der Waals surface area contributed by atoms with Crippen molar-refractivity contribution in [1.82, 2.24) is 15.5 Å². The molecule has 0 aliphatic heterocycles. The topological polar surface area (TPSA) is 83.8 Å². The molecule has 0 radical (unpaired) electrons. The number of carbonyl (C=O) groups excluding carboxylic acids is 1. The number of amides is 1. The van der Waals surface area contributed by atoms with E-state index in [1.807, 2.05) is 0 Å². The third-order valence-electron chi connectivity index (χ3n) is 3.48. The van der Waals surface area contributed by atoms with Crippen LogP contribution in [0, 0.1) is 18.3 Å². The van der Waals surface area contributed by atoms with Crippen molar-refractivity contribution in [3.63, 3.8) is 0 Å². The van der Waals surface area contributed by atoms with Crippen molar-refractivity contribution >= 4 is 11.6 Å². The third kappa shape index (κ3) is 2.99. The summed E-state index contributed by atoms with van der Waals surface area (Å²) in [6.07, 6.45) is 0. The van der Waals surface area contributed by atoms with Crippen LogP contribution in [0.4, 0.5) is 5.69 Å². The van der Waals surface area contributed by atoms with E-state index in [0.29, 0.717) is 18.2 Å². The summed E-state index contributed by atoms with van der Waals surface area (Å²) in [5, 5.41) is 9.47.